The number of nitrogens with zero attached hydrogens (tertiary/aromatic N) is 5. The fourth-order valence-electron chi connectivity index (χ4n) is 6.85. The molecule has 4 aromatic carbocycles. The zero-order valence-electron chi connectivity index (χ0n) is 32.6. The van der Waals surface area contributed by atoms with Crippen LogP contribution in [0.25, 0.3) is 27.5 Å². The molecule has 12 nitrogen and oxygen atoms in total. The fourth-order valence-corrected chi connectivity index (χ4v) is 9.23. The Bertz CT molecular complexity index is 2780. The average Bonchev–Trinajstić information content (AvgIpc) is 3.96. The third-order valence-corrected chi connectivity index (χ3v) is 12.6. The lowest BCUT2D eigenvalue weighted by atomic mass is 10.0. The van der Waals surface area contributed by atoms with Gasteiger partial charge < -0.3 is 14.8 Å². The largest absolute Gasteiger partial charge is 0.497 e. The molecule has 1 N–H and O–H groups in total. The summed E-state index contributed by atoms with van der Waals surface area (Å²) < 4.78 is 101. The van der Waals surface area contributed by atoms with Crippen LogP contribution in [0.5, 0.6) is 5.75 Å². The van der Waals surface area contributed by atoms with Gasteiger partial charge in [0.1, 0.15) is 35.4 Å². The van der Waals surface area contributed by atoms with Crippen molar-refractivity contribution in [2.24, 2.45) is 0 Å². The van der Waals surface area contributed by atoms with E-state index in [1.807, 2.05) is 0 Å². The maximum atomic E-state index is 14.9. The zero-order chi connectivity index (χ0) is 43.3. The second-order valence-corrected chi connectivity index (χ2v) is 18.7. The third-order valence-electron chi connectivity index (χ3n) is 9.55. The fraction of sp³-hybridized carbons (Fsp3) is 0.317. The number of ether oxygens (including phenoxy) is 2. The first-order valence-corrected chi connectivity index (χ1v) is 21.3. The second kappa shape index (κ2) is 16.7. The number of rotatable bonds is 13. The number of carbonyl (C=O) groups is 1. The first-order chi connectivity index (χ1) is 28.3. The van der Waals surface area contributed by atoms with Crippen molar-refractivity contribution in [2.75, 3.05) is 11.4 Å². The number of hydrogen-bond acceptors (Lipinski definition) is 8. The Morgan fingerprint density at radius 1 is 1.02 bits per heavy atom. The number of sulfonamides is 1. The van der Waals surface area contributed by atoms with Crippen LogP contribution in [-0.4, -0.2) is 58.2 Å². The van der Waals surface area contributed by atoms with Crippen molar-refractivity contribution in [1.29, 1.82) is 0 Å². The first-order valence-electron chi connectivity index (χ1n) is 18.6. The van der Waals surface area contributed by atoms with Crippen LogP contribution < -0.4 is 19.9 Å². The highest BCUT2D eigenvalue weighted by molar-refractivity contribution is 9.10. The summed E-state index contributed by atoms with van der Waals surface area (Å²) in [5.41, 5.74) is -1.26. The van der Waals surface area contributed by atoms with E-state index in [0.29, 0.717) is 34.7 Å². The minimum absolute atomic E-state index is 0.0643. The van der Waals surface area contributed by atoms with Gasteiger partial charge in [-0.2, -0.15) is 5.10 Å². The molecule has 0 aliphatic heterocycles. The molecular formula is C41H38BrClF4N6O6S. The Balaban J connectivity index is 1.53. The molecule has 0 spiro atoms. The minimum Gasteiger partial charge on any atom is -0.497 e. The summed E-state index contributed by atoms with van der Waals surface area (Å²) in [6.07, 6.45) is -3.59. The highest BCUT2D eigenvalue weighted by Crippen LogP contribution is 2.42. The van der Waals surface area contributed by atoms with Crippen molar-refractivity contribution in [1.82, 2.24) is 24.6 Å². The van der Waals surface area contributed by atoms with Gasteiger partial charge in [0, 0.05) is 17.0 Å². The van der Waals surface area contributed by atoms with Crippen molar-refractivity contribution < 1.29 is 40.2 Å². The van der Waals surface area contributed by atoms with Crippen molar-refractivity contribution in [3.8, 4) is 11.4 Å². The van der Waals surface area contributed by atoms with Gasteiger partial charge in [-0.1, -0.05) is 39.7 Å². The molecule has 6 aromatic rings. The maximum absolute atomic E-state index is 14.9. The highest BCUT2D eigenvalue weighted by Gasteiger charge is 2.42. The lowest BCUT2D eigenvalue weighted by Gasteiger charge is -2.26. The molecule has 1 atom stereocenters. The molecule has 0 saturated heterocycles. The average molecular weight is 934 g/mol. The molecule has 1 aliphatic carbocycles. The van der Waals surface area contributed by atoms with Gasteiger partial charge >= 0.3 is 6.09 Å². The molecule has 1 amide bonds. The van der Waals surface area contributed by atoms with E-state index in [4.69, 9.17) is 26.1 Å². The number of nitrogens with one attached hydrogen (secondary N) is 1. The Hall–Kier alpha value is -5.20. The number of aromatic nitrogens is 4. The van der Waals surface area contributed by atoms with Crippen molar-refractivity contribution in [3.63, 3.8) is 0 Å². The SMILES string of the molecule is COc1ccc(CN(c2nn(CC(F)F)c3c(-n4c(C(Cc5cc(F)cc(F)c5)NC(=O)OC(C)(C)C)nc5cc(Br)ccc5c4=O)ccc(Cl)c23)S(=O)(=O)C2CC2)cc1. The lowest BCUT2D eigenvalue weighted by molar-refractivity contribution is 0.0500. The van der Waals surface area contributed by atoms with Crippen LogP contribution in [0.1, 0.15) is 56.6 Å². The molecule has 1 unspecified atom stereocenters. The van der Waals surface area contributed by atoms with Crippen LogP contribution in [-0.2, 0) is 34.3 Å². The van der Waals surface area contributed by atoms with E-state index in [0.717, 1.165) is 25.7 Å². The molecule has 0 radical (unpaired) electrons. The predicted octanol–water partition coefficient (Wildman–Crippen LogP) is 9.01. The summed E-state index contributed by atoms with van der Waals surface area (Å²) >= 11 is 10.3. The number of hydrogen-bond donors (Lipinski definition) is 1. The van der Waals surface area contributed by atoms with Crippen LogP contribution >= 0.6 is 27.5 Å². The summed E-state index contributed by atoms with van der Waals surface area (Å²) in [6.45, 7) is 3.56. The van der Waals surface area contributed by atoms with Crippen LogP contribution in [0, 0.1) is 11.6 Å². The summed E-state index contributed by atoms with van der Waals surface area (Å²) in [5.74, 6) is -1.74. The number of methoxy groups -OCH3 is 1. The zero-order valence-corrected chi connectivity index (χ0v) is 35.7. The van der Waals surface area contributed by atoms with Crippen LogP contribution in [0.4, 0.5) is 28.2 Å². The van der Waals surface area contributed by atoms with Gasteiger partial charge in [0.15, 0.2) is 5.82 Å². The van der Waals surface area contributed by atoms with Gasteiger partial charge in [-0.3, -0.25) is 14.0 Å². The van der Waals surface area contributed by atoms with E-state index in [2.05, 4.69) is 26.3 Å². The van der Waals surface area contributed by atoms with Crippen molar-refractivity contribution >= 4 is 71.3 Å². The molecule has 7 rings (SSSR count). The summed E-state index contributed by atoms with van der Waals surface area (Å²) in [4.78, 5) is 33.2. The second-order valence-electron chi connectivity index (χ2n) is 15.2. The summed E-state index contributed by atoms with van der Waals surface area (Å²) in [5, 5.41) is 6.36. The van der Waals surface area contributed by atoms with Gasteiger partial charge in [-0.05, 0) is 99.3 Å². The van der Waals surface area contributed by atoms with Gasteiger partial charge in [0.25, 0.3) is 12.0 Å². The molecule has 1 aliphatic rings. The molecule has 60 heavy (non-hydrogen) atoms. The topological polar surface area (TPSA) is 138 Å². The molecule has 1 saturated carbocycles. The Labute approximate surface area is 355 Å². The van der Waals surface area contributed by atoms with Gasteiger partial charge in [-0.15, -0.1) is 0 Å². The van der Waals surface area contributed by atoms with Crippen molar-refractivity contribution in [2.45, 2.75) is 76.4 Å². The number of carbonyl (C=O) groups excluding carboxylic acids is 1. The van der Waals surface area contributed by atoms with Gasteiger partial charge in [-0.25, -0.2) is 40.1 Å². The molecule has 19 heteroatoms. The lowest BCUT2D eigenvalue weighted by Crippen LogP contribution is -2.39. The van der Waals surface area contributed by atoms with Crippen LogP contribution in [0.3, 0.4) is 0 Å². The van der Waals surface area contributed by atoms with Crippen molar-refractivity contribution in [3.05, 3.63) is 121 Å². The smallest absolute Gasteiger partial charge is 0.408 e. The van der Waals surface area contributed by atoms with Gasteiger partial charge in [0.2, 0.25) is 10.0 Å². The quantitative estimate of drug-likeness (QED) is 0.113. The third kappa shape index (κ3) is 9.10. The van der Waals surface area contributed by atoms with E-state index in [1.165, 1.54) is 25.3 Å². The number of anilines is 1. The molecule has 316 valence electrons. The maximum Gasteiger partial charge on any atom is 0.408 e. The molecule has 2 heterocycles. The van der Waals surface area contributed by atoms with E-state index in [-0.39, 0.29) is 62.7 Å². The number of benzene rings is 4. The van der Waals surface area contributed by atoms with E-state index in [9.17, 15) is 35.6 Å². The number of amides is 1. The molecule has 0 bridgehead atoms. The summed E-state index contributed by atoms with van der Waals surface area (Å²) in [6, 6.07) is 15.4. The number of fused-ring (bicyclic) bond motifs is 2. The van der Waals surface area contributed by atoms with E-state index in [1.54, 1.807) is 57.2 Å². The monoisotopic (exact) mass is 932 g/mol. The van der Waals surface area contributed by atoms with Crippen LogP contribution in [0.2, 0.25) is 5.02 Å². The highest BCUT2D eigenvalue weighted by atomic mass is 79.9. The minimum atomic E-state index is -4.16. The molecule has 2 aromatic heterocycles. The van der Waals surface area contributed by atoms with E-state index >= 15 is 0 Å². The van der Waals surface area contributed by atoms with Gasteiger partial charge in [0.05, 0.1) is 57.5 Å². The summed E-state index contributed by atoms with van der Waals surface area (Å²) in [7, 11) is -2.67. The Kier molecular flexibility index (Phi) is 11.9. The predicted molar refractivity (Wildman–Crippen MR) is 223 cm³/mol. The number of halogens is 6. The first kappa shape index (κ1) is 42.9. The standard InChI is InChI=1S/C41H38BrClF4N6O6S/c1-41(2,3)59-40(55)49-32(17-23-15-25(44)19-26(45)16-23)37-48-31-18-24(42)7-12-29(31)39(54)53(37)33-14-13-30(43)35-36(33)51(21-34(46)47)50-38(35)52(60(56,57)28-10-11-28)20-22-5-8-27(58-4)9-6-22/h5-9,12-16,18-19,28,32,34H,10-11,17,20-21H2,1-4H3,(H,49,55). The Morgan fingerprint density at radius 2 is 1.70 bits per heavy atom. The molecule has 1 fully saturated rings. The number of alkyl halides is 2. The Morgan fingerprint density at radius 3 is 2.32 bits per heavy atom. The number of alkyl carbamates (subject to hydrolysis) is 1. The normalized spacial score (nSPS) is 13.8. The van der Waals surface area contributed by atoms with Crippen LogP contribution in [0.15, 0.2) is 82.1 Å². The van der Waals surface area contributed by atoms with E-state index < -0.39 is 63.2 Å². The molecular weight excluding hydrogens is 896 g/mol.